The van der Waals surface area contributed by atoms with Crippen LogP contribution in [0.3, 0.4) is 0 Å². The van der Waals surface area contributed by atoms with Gasteiger partial charge in [-0.25, -0.2) is 0 Å². The zero-order valence-corrected chi connectivity index (χ0v) is 12.3. The van der Waals surface area contributed by atoms with Gasteiger partial charge >= 0.3 is 0 Å². The van der Waals surface area contributed by atoms with Gasteiger partial charge in [0.05, 0.1) is 18.2 Å². The van der Waals surface area contributed by atoms with Crippen LogP contribution in [-0.4, -0.2) is 19.3 Å². The van der Waals surface area contributed by atoms with Crippen LogP contribution in [0, 0.1) is 0 Å². The van der Waals surface area contributed by atoms with Gasteiger partial charge in [-0.1, -0.05) is 25.5 Å². The number of hydrazine groups is 1. The number of nitrogens with two attached hydrogens (primary N) is 1. The lowest BCUT2D eigenvalue weighted by Gasteiger charge is -2.25. The van der Waals surface area contributed by atoms with Gasteiger partial charge in [-0.15, -0.1) is 0 Å². The zero-order chi connectivity index (χ0) is 14.3. The van der Waals surface area contributed by atoms with Gasteiger partial charge < -0.3 is 9.47 Å². The molecule has 0 spiro atoms. The van der Waals surface area contributed by atoms with Gasteiger partial charge in [-0.2, -0.15) is 0 Å². The maximum atomic E-state index is 5.67. The average molecular weight is 266 g/mol. The summed E-state index contributed by atoms with van der Waals surface area (Å²) >= 11 is 0. The molecule has 4 nitrogen and oxygen atoms in total. The largest absolute Gasteiger partial charge is 0.491 e. The summed E-state index contributed by atoms with van der Waals surface area (Å²) in [5.41, 5.74) is 3.96. The molecule has 1 aromatic rings. The molecule has 4 heteroatoms. The van der Waals surface area contributed by atoms with E-state index in [0.717, 1.165) is 24.2 Å². The molecule has 0 aliphatic heterocycles. The van der Waals surface area contributed by atoms with Crippen LogP contribution in [0.2, 0.25) is 0 Å². The van der Waals surface area contributed by atoms with Crippen molar-refractivity contribution in [1.29, 1.82) is 0 Å². The highest BCUT2D eigenvalue weighted by Gasteiger charge is 2.21. The molecule has 0 aliphatic rings. The average Bonchev–Trinajstić information content (AvgIpc) is 2.39. The summed E-state index contributed by atoms with van der Waals surface area (Å²) in [6, 6.07) is 8.00. The highest BCUT2D eigenvalue weighted by atomic mass is 16.5. The second kappa shape index (κ2) is 8.15. The standard InChI is InChI=1S/C15H26N2O2/c1-5-6-14(18-4)15(17-16)12-7-9-13(10-8-12)19-11(2)3/h7-11,14-15,17H,5-6,16H2,1-4H3. The Bertz CT molecular complexity index is 352. The molecule has 108 valence electrons. The third-order valence-corrected chi connectivity index (χ3v) is 3.04. The molecule has 2 unspecified atom stereocenters. The van der Waals surface area contributed by atoms with Gasteiger partial charge in [-0.05, 0) is 38.0 Å². The van der Waals surface area contributed by atoms with Crippen LogP contribution in [0.25, 0.3) is 0 Å². The molecule has 3 N–H and O–H groups in total. The van der Waals surface area contributed by atoms with Crippen molar-refractivity contribution in [2.24, 2.45) is 5.84 Å². The lowest BCUT2D eigenvalue weighted by atomic mass is 9.98. The maximum Gasteiger partial charge on any atom is 0.119 e. The topological polar surface area (TPSA) is 56.5 Å². The van der Waals surface area contributed by atoms with Crippen LogP contribution >= 0.6 is 0 Å². The van der Waals surface area contributed by atoms with E-state index in [2.05, 4.69) is 12.3 Å². The molecule has 0 radical (unpaired) electrons. The normalized spacial score (nSPS) is 14.4. The van der Waals surface area contributed by atoms with E-state index in [4.69, 9.17) is 15.3 Å². The Balaban J connectivity index is 2.80. The van der Waals surface area contributed by atoms with Crippen LogP contribution < -0.4 is 16.0 Å². The molecule has 0 aliphatic carbocycles. The van der Waals surface area contributed by atoms with Crippen molar-refractivity contribution in [3.8, 4) is 5.75 Å². The van der Waals surface area contributed by atoms with E-state index in [0.29, 0.717) is 0 Å². The van der Waals surface area contributed by atoms with E-state index in [1.165, 1.54) is 0 Å². The van der Waals surface area contributed by atoms with Crippen molar-refractivity contribution in [2.75, 3.05) is 7.11 Å². The first kappa shape index (κ1) is 16.0. The predicted molar refractivity (Wildman–Crippen MR) is 78.0 cm³/mol. The Kier molecular flexibility index (Phi) is 6.84. The quantitative estimate of drug-likeness (QED) is 0.561. The predicted octanol–water partition coefficient (Wildman–Crippen LogP) is 2.79. The third kappa shape index (κ3) is 4.82. The summed E-state index contributed by atoms with van der Waals surface area (Å²) in [5.74, 6) is 6.54. The summed E-state index contributed by atoms with van der Waals surface area (Å²) < 4.78 is 11.2. The molecule has 0 saturated heterocycles. The Morgan fingerprint density at radius 3 is 2.26 bits per heavy atom. The summed E-state index contributed by atoms with van der Waals surface area (Å²) in [7, 11) is 1.72. The minimum absolute atomic E-state index is 0.00181. The summed E-state index contributed by atoms with van der Waals surface area (Å²) in [6.45, 7) is 6.17. The summed E-state index contributed by atoms with van der Waals surface area (Å²) in [4.78, 5) is 0. The maximum absolute atomic E-state index is 5.67. The van der Waals surface area contributed by atoms with Crippen LogP contribution in [0.4, 0.5) is 0 Å². The third-order valence-electron chi connectivity index (χ3n) is 3.04. The molecule has 0 fully saturated rings. The van der Waals surface area contributed by atoms with Crippen molar-refractivity contribution in [3.05, 3.63) is 29.8 Å². The van der Waals surface area contributed by atoms with E-state index in [1.54, 1.807) is 7.11 Å². The van der Waals surface area contributed by atoms with Crippen molar-refractivity contribution < 1.29 is 9.47 Å². The first-order chi connectivity index (χ1) is 9.12. The molecular weight excluding hydrogens is 240 g/mol. The number of ether oxygens (including phenoxy) is 2. The molecule has 0 amide bonds. The first-order valence-electron chi connectivity index (χ1n) is 6.87. The van der Waals surface area contributed by atoms with Gasteiger partial charge in [-0.3, -0.25) is 11.3 Å². The van der Waals surface area contributed by atoms with E-state index in [-0.39, 0.29) is 18.2 Å². The minimum atomic E-state index is -0.00181. The van der Waals surface area contributed by atoms with Gasteiger partial charge in [0, 0.05) is 7.11 Å². The highest BCUT2D eigenvalue weighted by molar-refractivity contribution is 5.29. The van der Waals surface area contributed by atoms with Crippen LogP contribution in [0.15, 0.2) is 24.3 Å². The Morgan fingerprint density at radius 1 is 1.21 bits per heavy atom. The monoisotopic (exact) mass is 266 g/mol. The number of methoxy groups -OCH3 is 1. The Hall–Kier alpha value is -1.10. The van der Waals surface area contributed by atoms with Crippen LogP contribution in [0.5, 0.6) is 5.75 Å². The zero-order valence-electron chi connectivity index (χ0n) is 12.3. The number of nitrogens with one attached hydrogen (secondary N) is 1. The van der Waals surface area contributed by atoms with Crippen molar-refractivity contribution >= 4 is 0 Å². The number of hydrogen-bond donors (Lipinski definition) is 2. The fourth-order valence-electron chi connectivity index (χ4n) is 2.15. The molecule has 1 aromatic carbocycles. The molecule has 0 heterocycles. The number of hydrogen-bond acceptors (Lipinski definition) is 4. The van der Waals surface area contributed by atoms with Gasteiger partial charge in [0.25, 0.3) is 0 Å². The summed E-state index contributed by atoms with van der Waals surface area (Å²) in [6.07, 6.45) is 2.29. The van der Waals surface area contributed by atoms with Crippen molar-refractivity contribution in [1.82, 2.24) is 5.43 Å². The van der Waals surface area contributed by atoms with Gasteiger partial charge in [0.2, 0.25) is 0 Å². The highest BCUT2D eigenvalue weighted by Crippen LogP contribution is 2.24. The second-order valence-corrected chi connectivity index (χ2v) is 4.94. The molecule has 0 saturated carbocycles. The van der Waals surface area contributed by atoms with E-state index < -0.39 is 0 Å². The lowest BCUT2D eigenvalue weighted by Crippen LogP contribution is -2.37. The Morgan fingerprint density at radius 2 is 1.84 bits per heavy atom. The van der Waals surface area contributed by atoms with E-state index in [1.807, 2.05) is 38.1 Å². The molecule has 19 heavy (non-hydrogen) atoms. The number of rotatable bonds is 8. The minimum Gasteiger partial charge on any atom is -0.491 e. The van der Waals surface area contributed by atoms with Gasteiger partial charge in [0.15, 0.2) is 0 Å². The van der Waals surface area contributed by atoms with Crippen molar-refractivity contribution in [2.45, 2.75) is 51.9 Å². The fourth-order valence-corrected chi connectivity index (χ4v) is 2.15. The first-order valence-corrected chi connectivity index (χ1v) is 6.87. The molecule has 0 bridgehead atoms. The van der Waals surface area contributed by atoms with E-state index in [9.17, 15) is 0 Å². The van der Waals surface area contributed by atoms with Gasteiger partial charge in [0.1, 0.15) is 5.75 Å². The van der Waals surface area contributed by atoms with Crippen molar-refractivity contribution in [3.63, 3.8) is 0 Å². The number of benzene rings is 1. The second-order valence-electron chi connectivity index (χ2n) is 4.94. The summed E-state index contributed by atoms with van der Waals surface area (Å²) in [5, 5.41) is 0. The smallest absolute Gasteiger partial charge is 0.119 e. The molecule has 1 rings (SSSR count). The van der Waals surface area contributed by atoms with Crippen LogP contribution in [-0.2, 0) is 4.74 Å². The lowest BCUT2D eigenvalue weighted by molar-refractivity contribution is 0.0606. The SMILES string of the molecule is CCCC(OC)C(NN)c1ccc(OC(C)C)cc1. The molecular formula is C15H26N2O2. The van der Waals surface area contributed by atoms with E-state index >= 15 is 0 Å². The molecule has 0 aromatic heterocycles. The fraction of sp³-hybridized carbons (Fsp3) is 0.600. The Labute approximate surface area is 116 Å². The van der Waals surface area contributed by atoms with Crippen LogP contribution in [0.1, 0.15) is 45.2 Å². The molecule has 2 atom stereocenters.